The molecule has 2 aromatic rings. The van der Waals surface area contributed by atoms with Gasteiger partial charge in [0.15, 0.2) is 0 Å². The molecular weight excluding hydrogens is 456 g/mol. The average Bonchev–Trinajstić information content (AvgIpc) is 2.86. The van der Waals surface area contributed by atoms with Crippen LogP contribution in [0.4, 0.5) is 15.3 Å². The predicted octanol–water partition coefficient (Wildman–Crippen LogP) is 3.28. The Kier molecular flexibility index (Phi) is 8.60. The van der Waals surface area contributed by atoms with Crippen LogP contribution in [-0.4, -0.2) is 47.0 Å². The number of carbonyl (C=O) groups excluding carboxylic acids is 3. The van der Waals surface area contributed by atoms with Crippen LogP contribution in [0.15, 0.2) is 54.6 Å². The van der Waals surface area contributed by atoms with E-state index in [4.69, 9.17) is 15.2 Å². The van der Waals surface area contributed by atoms with E-state index in [1.807, 2.05) is 30.3 Å². The number of ether oxygens (including phenoxy) is 2. The summed E-state index contributed by atoms with van der Waals surface area (Å²) >= 11 is 0. The highest BCUT2D eigenvalue weighted by molar-refractivity contribution is 5.85. The summed E-state index contributed by atoms with van der Waals surface area (Å²) in [7, 11) is 0. The molecule has 2 atom stereocenters. The van der Waals surface area contributed by atoms with Crippen LogP contribution >= 0.6 is 0 Å². The molecule has 11 heteroatoms. The van der Waals surface area contributed by atoms with Crippen LogP contribution in [0.5, 0.6) is 0 Å². The smallest absolute Gasteiger partial charge is 0.408 e. The lowest BCUT2D eigenvalue weighted by molar-refractivity contribution is -0.386. The fourth-order valence-electron chi connectivity index (χ4n) is 4.13. The highest BCUT2D eigenvalue weighted by atomic mass is 16.6. The summed E-state index contributed by atoms with van der Waals surface area (Å²) in [6, 6.07) is 14.4. The van der Waals surface area contributed by atoms with Gasteiger partial charge in [-0.2, -0.15) is 0 Å². The van der Waals surface area contributed by atoms with Crippen molar-refractivity contribution in [2.24, 2.45) is 11.7 Å². The average molecular weight is 485 g/mol. The van der Waals surface area contributed by atoms with Crippen molar-refractivity contribution in [2.75, 3.05) is 13.1 Å². The Labute approximate surface area is 202 Å². The van der Waals surface area contributed by atoms with Crippen LogP contribution in [0, 0.1) is 16.0 Å². The number of nitro groups is 1. The molecule has 35 heavy (non-hydrogen) atoms. The van der Waals surface area contributed by atoms with Gasteiger partial charge in [0.2, 0.25) is 5.91 Å². The number of rotatable bonds is 8. The second-order valence-corrected chi connectivity index (χ2v) is 8.26. The number of nitrogens with zero attached hydrogens (tertiary/aromatic N) is 2. The number of alkyl carbamates (subject to hydrolysis) is 1. The molecule has 3 amide bonds. The van der Waals surface area contributed by atoms with Gasteiger partial charge in [-0.05, 0) is 31.4 Å². The first-order valence-electron chi connectivity index (χ1n) is 11.2. The van der Waals surface area contributed by atoms with Crippen LogP contribution in [0.2, 0.25) is 0 Å². The van der Waals surface area contributed by atoms with Crippen LogP contribution in [-0.2, 0) is 20.9 Å². The molecule has 11 nitrogen and oxygen atoms in total. The van der Waals surface area contributed by atoms with E-state index in [0.717, 1.165) is 5.56 Å². The minimum absolute atomic E-state index is 0.0891. The molecule has 0 radical (unpaired) electrons. The maximum Gasteiger partial charge on any atom is 0.408 e. The molecule has 0 bridgehead atoms. The molecule has 1 saturated heterocycles. The van der Waals surface area contributed by atoms with Crippen molar-refractivity contribution in [1.82, 2.24) is 10.2 Å². The third kappa shape index (κ3) is 6.92. The van der Waals surface area contributed by atoms with Gasteiger partial charge in [0.25, 0.3) is 5.69 Å². The number of carbonyl (C=O) groups is 3. The zero-order valence-corrected chi connectivity index (χ0v) is 19.3. The Bertz CT molecular complexity index is 1050. The van der Waals surface area contributed by atoms with Crippen molar-refractivity contribution in [2.45, 2.75) is 38.5 Å². The van der Waals surface area contributed by atoms with E-state index in [0.29, 0.717) is 25.9 Å². The summed E-state index contributed by atoms with van der Waals surface area (Å²) in [5.74, 6) is -0.551. The summed E-state index contributed by atoms with van der Waals surface area (Å²) in [6.45, 7) is 2.32. The monoisotopic (exact) mass is 484 g/mol. The number of amides is 3. The molecule has 1 fully saturated rings. The quantitative estimate of drug-likeness (QED) is 0.430. The van der Waals surface area contributed by atoms with Crippen molar-refractivity contribution in [3.05, 3.63) is 75.8 Å². The zero-order valence-electron chi connectivity index (χ0n) is 19.3. The number of primary amides is 1. The molecular formula is C24H28N4O7. The Morgan fingerprint density at radius 2 is 1.74 bits per heavy atom. The number of benzene rings is 2. The highest BCUT2D eigenvalue weighted by Crippen LogP contribution is 2.38. The summed E-state index contributed by atoms with van der Waals surface area (Å²) < 4.78 is 10.4. The Morgan fingerprint density at radius 3 is 2.37 bits per heavy atom. The number of nitrogens with one attached hydrogen (secondary N) is 1. The molecule has 1 heterocycles. The molecule has 0 spiro atoms. The van der Waals surface area contributed by atoms with Gasteiger partial charge < -0.3 is 25.4 Å². The number of nitro benzene ring substituents is 1. The normalized spacial score (nSPS) is 15.5. The fraction of sp³-hybridized carbons (Fsp3) is 0.375. The van der Waals surface area contributed by atoms with Crippen LogP contribution in [0.3, 0.4) is 0 Å². The Balaban J connectivity index is 1.57. The third-order valence-corrected chi connectivity index (χ3v) is 5.88. The Hall–Kier alpha value is -4.15. The van der Waals surface area contributed by atoms with E-state index < -0.39 is 29.3 Å². The minimum atomic E-state index is -1.03. The van der Waals surface area contributed by atoms with E-state index >= 15 is 0 Å². The molecule has 3 N–H and O–H groups in total. The third-order valence-electron chi connectivity index (χ3n) is 5.88. The van der Waals surface area contributed by atoms with Crippen LogP contribution in [0.1, 0.15) is 37.0 Å². The lowest BCUT2D eigenvalue weighted by atomic mass is 9.86. The molecule has 2 aromatic carbocycles. The van der Waals surface area contributed by atoms with Crippen molar-refractivity contribution in [3.63, 3.8) is 0 Å². The number of piperidine rings is 1. The van der Waals surface area contributed by atoms with Gasteiger partial charge in [-0.15, -0.1) is 0 Å². The molecule has 0 saturated carbocycles. The molecule has 0 aromatic heterocycles. The predicted molar refractivity (Wildman–Crippen MR) is 125 cm³/mol. The topological polar surface area (TPSA) is 154 Å². The number of likely N-dealkylation sites (tertiary alicyclic amines) is 1. The first-order valence-corrected chi connectivity index (χ1v) is 11.2. The highest BCUT2D eigenvalue weighted by Gasteiger charge is 2.36. The molecule has 3 rings (SSSR count). The number of para-hydroxylation sites is 1. The van der Waals surface area contributed by atoms with Crippen molar-refractivity contribution in [1.29, 1.82) is 0 Å². The standard InChI is InChI=1S/C24H28N4O7/c1-16(26-24(31)34-15-17-7-3-2-4-8-17)22(29)27-13-11-18(12-14-27)21(35-23(25)30)19-9-5-6-10-20(19)28(32)33/h2-10,16,18,21H,11-15H2,1H3,(H2,25,30)(H,26,31). The van der Waals surface area contributed by atoms with Crippen molar-refractivity contribution in [3.8, 4) is 0 Å². The summed E-state index contributed by atoms with van der Waals surface area (Å²) in [6.07, 6.45) is -1.77. The number of hydrogen-bond donors (Lipinski definition) is 2. The first kappa shape index (κ1) is 25.5. The van der Waals surface area contributed by atoms with Gasteiger partial charge in [0.1, 0.15) is 18.8 Å². The summed E-state index contributed by atoms with van der Waals surface area (Å²) in [4.78, 5) is 49.0. The van der Waals surface area contributed by atoms with E-state index in [2.05, 4.69) is 5.32 Å². The van der Waals surface area contributed by atoms with E-state index in [9.17, 15) is 24.5 Å². The second kappa shape index (κ2) is 11.8. The number of hydrogen-bond acceptors (Lipinski definition) is 7. The Morgan fingerprint density at radius 1 is 1.11 bits per heavy atom. The second-order valence-electron chi connectivity index (χ2n) is 8.26. The maximum absolute atomic E-state index is 12.8. The van der Waals surface area contributed by atoms with Crippen molar-refractivity contribution >= 4 is 23.8 Å². The molecule has 0 aliphatic carbocycles. The fourth-order valence-corrected chi connectivity index (χ4v) is 4.13. The van der Waals surface area contributed by atoms with Gasteiger partial charge in [0, 0.05) is 25.1 Å². The lowest BCUT2D eigenvalue weighted by Crippen LogP contribution is -2.50. The number of nitrogens with two attached hydrogens (primary N) is 1. The van der Waals surface area contributed by atoms with Crippen LogP contribution in [0.25, 0.3) is 0 Å². The van der Waals surface area contributed by atoms with E-state index in [-0.39, 0.29) is 29.7 Å². The van der Waals surface area contributed by atoms with Crippen molar-refractivity contribution < 1.29 is 28.8 Å². The minimum Gasteiger partial charge on any atom is -0.445 e. The van der Waals surface area contributed by atoms with Gasteiger partial charge in [-0.25, -0.2) is 9.59 Å². The van der Waals surface area contributed by atoms with Crippen LogP contribution < -0.4 is 11.1 Å². The van der Waals surface area contributed by atoms with E-state index in [1.54, 1.807) is 17.9 Å². The maximum atomic E-state index is 12.8. The SMILES string of the molecule is CC(NC(=O)OCc1ccccc1)C(=O)N1CCC(C(OC(N)=O)c2ccccc2[N+](=O)[O-])CC1. The molecule has 2 unspecified atom stereocenters. The van der Waals surface area contributed by atoms with E-state index in [1.165, 1.54) is 18.2 Å². The summed E-state index contributed by atoms with van der Waals surface area (Å²) in [5, 5.41) is 14.0. The molecule has 186 valence electrons. The zero-order chi connectivity index (χ0) is 25.4. The molecule has 1 aliphatic heterocycles. The summed E-state index contributed by atoms with van der Waals surface area (Å²) in [5.41, 5.74) is 6.17. The van der Waals surface area contributed by atoms with Gasteiger partial charge >= 0.3 is 12.2 Å². The van der Waals surface area contributed by atoms with Gasteiger partial charge in [-0.3, -0.25) is 14.9 Å². The lowest BCUT2D eigenvalue weighted by Gasteiger charge is -2.36. The van der Waals surface area contributed by atoms with Gasteiger partial charge in [-0.1, -0.05) is 42.5 Å². The largest absolute Gasteiger partial charge is 0.445 e. The molecule has 1 aliphatic rings. The first-order chi connectivity index (χ1) is 16.8. The van der Waals surface area contributed by atoms with Gasteiger partial charge in [0.05, 0.1) is 10.5 Å².